The van der Waals surface area contributed by atoms with Gasteiger partial charge in [0.25, 0.3) is 0 Å². The van der Waals surface area contributed by atoms with E-state index in [-0.39, 0.29) is 5.69 Å². The molecule has 0 unspecified atom stereocenters. The Morgan fingerprint density at radius 1 is 1.33 bits per heavy atom. The number of nitrogens with zero attached hydrogens (tertiary/aromatic N) is 2. The van der Waals surface area contributed by atoms with Crippen molar-refractivity contribution in [3.8, 4) is 0 Å². The van der Waals surface area contributed by atoms with Crippen LogP contribution in [0.15, 0.2) is 24.3 Å². The topological polar surface area (TPSA) is 66.9 Å². The quantitative estimate of drug-likeness (QED) is 0.897. The Bertz CT molecular complexity index is 557. The van der Waals surface area contributed by atoms with Crippen molar-refractivity contribution < 1.29 is 9.18 Å². The molecule has 5 nitrogen and oxygen atoms in total. The molecule has 0 saturated carbocycles. The van der Waals surface area contributed by atoms with E-state index < -0.39 is 11.8 Å². The maximum Gasteiger partial charge on any atom is 0.325 e. The second-order valence-electron chi connectivity index (χ2n) is 3.41. The van der Waals surface area contributed by atoms with Crippen LogP contribution in [-0.2, 0) is 6.42 Å². The van der Waals surface area contributed by atoms with Crippen LogP contribution in [-0.4, -0.2) is 16.2 Å². The van der Waals surface area contributed by atoms with Crippen molar-refractivity contribution in [2.75, 3.05) is 10.6 Å². The lowest BCUT2D eigenvalue weighted by atomic mass is 10.3. The minimum Gasteiger partial charge on any atom is -0.305 e. The lowest BCUT2D eigenvalue weighted by molar-refractivity contribution is 0.262. The summed E-state index contributed by atoms with van der Waals surface area (Å²) >= 11 is 1.29. The van der Waals surface area contributed by atoms with Crippen LogP contribution >= 0.6 is 11.3 Å². The Kier molecular flexibility index (Phi) is 3.83. The van der Waals surface area contributed by atoms with Crippen molar-refractivity contribution in [3.05, 3.63) is 35.1 Å². The zero-order valence-corrected chi connectivity index (χ0v) is 10.4. The average molecular weight is 266 g/mol. The maximum atomic E-state index is 13.3. The second kappa shape index (κ2) is 5.54. The van der Waals surface area contributed by atoms with Crippen molar-refractivity contribution in [3.63, 3.8) is 0 Å². The number of amides is 2. The summed E-state index contributed by atoms with van der Waals surface area (Å²) in [6.45, 7) is 1.95. The van der Waals surface area contributed by atoms with Crippen LogP contribution in [0.2, 0.25) is 0 Å². The van der Waals surface area contributed by atoms with Crippen LogP contribution in [0, 0.1) is 5.82 Å². The third-order valence-electron chi connectivity index (χ3n) is 2.11. The Hall–Kier alpha value is -2.02. The molecule has 2 amide bonds. The molecule has 0 atom stereocenters. The van der Waals surface area contributed by atoms with Crippen molar-refractivity contribution in [2.24, 2.45) is 0 Å². The Morgan fingerprint density at radius 2 is 2.11 bits per heavy atom. The van der Waals surface area contributed by atoms with Crippen LogP contribution in [0.25, 0.3) is 0 Å². The van der Waals surface area contributed by atoms with Gasteiger partial charge in [0.1, 0.15) is 10.8 Å². The number of urea groups is 1. The number of anilines is 2. The van der Waals surface area contributed by atoms with Gasteiger partial charge in [-0.25, -0.2) is 9.18 Å². The fourth-order valence-corrected chi connectivity index (χ4v) is 1.93. The predicted octanol–water partition coefficient (Wildman–Crippen LogP) is 2.88. The van der Waals surface area contributed by atoms with E-state index in [9.17, 15) is 9.18 Å². The van der Waals surface area contributed by atoms with E-state index in [1.54, 1.807) is 12.1 Å². The van der Waals surface area contributed by atoms with Gasteiger partial charge in [-0.3, -0.25) is 5.32 Å². The lowest BCUT2D eigenvalue weighted by Gasteiger charge is -2.05. The highest BCUT2D eigenvalue weighted by molar-refractivity contribution is 7.15. The van der Waals surface area contributed by atoms with Gasteiger partial charge in [-0.05, 0) is 18.6 Å². The molecule has 0 aliphatic heterocycles. The molecule has 0 aliphatic rings. The maximum absolute atomic E-state index is 13.3. The summed E-state index contributed by atoms with van der Waals surface area (Å²) in [6, 6.07) is 5.40. The highest BCUT2D eigenvalue weighted by Crippen LogP contribution is 2.17. The minimum absolute atomic E-state index is 0.121. The van der Waals surface area contributed by atoms with E-state index in [1.807, 2.05) is 6.92 Å². The SMILES string of the molecule is CCc1nnc(NC(=O)Nc2ccccc2F)s1. The number of benzene rings is 1. The smallest absolute Gasteiger partial charge is 0.305 e. The molecule has 2 aromatic rings. The number of carbonyl (C=O) groups excluding carboxylic acids is 1. The molecule has 0 saturated heterocycles. The number of hydrogen-bond donors (Lipinski definition) is 2. The van der Waals surface area contributed by atoms with Crippen molar-refractivity contribution >= 4 is 28.2 Å². The molecule has 0 radical (unpaired) electrons. The van der Waals surface area contributed by atoms with Gasteiger partial charge in [-0.2, -0.15) is 0 Å². The molecule has 1 aromatic heterocycles. The third-order valence-corrected chi connectivity index (χ3v) is 3.09. The molecule has 2 N–H and O–H groups in total. The number of aromatic nitrogens is 2. The lowest BCUT2D eigenvalue weighted by Crippen LogP contribution is -2.19. The van der Waals surface area contributed by atoms with Crippen LogP contribution < -0.4 is 10.6 Å². The summed E-state index contributed by atoms with van der Waals surface area (Å²) in [6.07, 6.45) is 0.758. The van der Waals surface area contributed by atoms with Gasteiger partial charge in [0.2, 0.25) is 5.13 Å². The van der Waals surface area contributed by atoms with E-state index in [1.165, 1.54) is 23.5 Å². The van der Waals surface area contributed by atoms with Gasteiger partial charge in [0, 0.05) is 0 Å². The molecule has 1 aromatic carbocycles. The van der Waals surface area contributed by atoms with Crippen LogP contribution in [0.1, 0.15) is 11.9 Å². The van der Waals surface area contributed by atoms with E-state index in [0.29, 0.717) is 5.13 Å². The van der Waals surface area contributed by atoms with Crippen molar-refractivity contribution in [2.45, 2.75) is 13.3 Å². The summed E-state index contributed by atoms with van der Waals surface area (Å²) in [7, 11) is 0. The Morgan fingerprint density at radius 3 is 2.78 bits per heavy atom. The van der Waals surface area contributed by atoms with Crippen LogP contribution in [0.3, 0.4) is 0 Å². The fraction of sp³-hybridized carbons (Fsp3) is 0.182. The number of hydrogen-bond acceptors (Lipinski definition) is 4. The monoisotopic (exact) mass is 266 g/mol. The summed E-state index contributed by atoms with van der Waals surface area (Å²) in [5.41, 5.74) is 0.121. The largest absolute Gasteiger partial charge is 0.325 e. The highest BCUT2D eigenvalue weighted by atomic mass is 32.1. The Balaban J connectivity index is 1.99. The van der Waals surface area contributed by atoms with E-state index >= 15 is 0 Å². The van der Waals surface area contributed by atoms with E-state index in [2.05, 4.69) is 20.8 Å². The molecule has 18 heavy (non-hydrogen) atoms. The average Bonchev–Trinajstić information content (AvgIpc) is 2.80. The van der Waals surface area contributed by atoms with Gasteiger partial charge in [-0.1, -0.05) is 30.4 Å². The van der Waals surface area contributed by atoms with Crippen molar-refractivity contribution in [1.82, 2.24) is 10.2 Å². The zero-order valence-electron chi connectivity index (χ0n) is 9.61. The number of carbonyl (C=O) groups is 1. The number of halogens is 1. The Labute approximate surface area is 107 Å². The molecule has 7 heteroatoms. The molecule has 1 heterocycles. The predicted molar refractivity (Wildman–Crippen MR) is 68.3 cm³/mol. The van der Waals surface area contributed by atoms with Crippen LogP contribution in [0.5, 0.6) is 0 Å². The van der Waals surface area contributed by atoms with E-state index in [0.717, 1.165) is 11.4 Å². The highest BCUT2D eigenvalue weighted by Gasteiger charge is 2.09. The first-order valence-corrected chi connectivity index (χ1v) is 6.15. The summed E-state index contributed by atoms with van der Waals surface area (Å²) in [5.74, 6) is -0.487. The molecule has 0 aliphatic carbocycles. The minimum atomic E-state index is -0.543. The first-order chi connectivity index (χ1) is 8.69. The van der Waals surface area contributed by atoms with Gasteiger partial charge in [-0.15, -0.1) is 10.2 Å². The number of para-hydroxylation sites is 1. The summed E-state index contributed by atoms with van der Waals surface area (Å²) in [4.78, 5) is 11.6. The van der Waals surface area contributed by atoms with Crippen molar-refractivity contribution in [1.29, 1.82) is 0 Å². The summed E-state index contributed by atoms with van der Waals surface area (Å²) < 4.78 is 13.3. The first kappa shape index (κ1) is 12.4. The molecule has 2 rings (SSSR count). The van der Waals surface area contributed by atoms with E-state index in [4.69, 9.17) is 0 Å². The molecule has 94 valence electrons. The van der Waals surface area contributed by atoms with Gasteiger partial charge in [0.05, 0.1) is 5.69 Å². The molecule has 0 spiro atoms. The molecular weight excluding hydrogens is 255 g/mol. The molecule has 0 fully saturated rings. The molecular formula is C11H11FN4OS. The number of aryl methyl sites for hydroxylation is 1. The second-order valence-corrected chi connectivity index (χ2v) is 4.48. The first-order valence-electron chi connectivity index (χ1n) is 5.34. The number of rotatable bonds is 3. The fourth-order valence-electron chi connectivity index (χ4n) is 1.26. The standard InChI is InChI=1S/C11H11FN4OS/c1-2-9-15-16-11(18-9)14-10(17)13-8-6-4-3-5-7(8)12/h3-6H,2H2,1H3,(H2,13,14,16,17). The van der Waals surface area contributed by atoms with Gasteiger partial charge >= 0.3 is 6.03 Å². The number of nitrogens with one attached hydrogen (secondary N) is 2. The molecule has 0 bridgehead atoms. The normalized spacial score (nSPS) is 10.1. The van der Waals surface area contributed by atoms with Crippen LogP contribution in [0.4, 0.5) is 20.0 Å². The zero-order chi connectivity index (χ0) is 13.0. The summed E-state index contributed by atoms with van der Waals surface area (Å²) in [5, 5.41) is 13.8. The van der Waals surface area contributed by atoms with Gasteiger partial charge < -0.3 is 5.32 Å². The van der Waals surface area contributed by atoms with Gasteiger partial charge in [0.15, 0.2) is 0 Å². The third kappa shape index (κ3) is 3.01.